The predicted octanol–water partition coefficient (Wildman–Crippen LogP) is 3.41. The van der Waals surface area contributed by atoms with Crippen molar-refractivity contribution >= 4 is 16.9 Å². The summed E-state index contributed by atoms with van der Waals surface area (Å²) in [5.41, 5.74) is 5.99. The summed E-state index contributed by atoms with van der Waals surface area (Å²) in [6, 6.07) is 15.9. The zero-order valence-electron chi connectivity index (χ0n) is 12.1. The van der Waals surface area contributed by atoms with Gasteiger partial charge in [0.15, 0.2) is 5.78 Å². The minimum atomic E-state index is 0.0479. The van der Waals surface area contributed by atoms with Crippen molar-refractivity contribution in [2.75, 3.05) is 6.61 Å². The van der Waals surface area contributed by atoms with Gasteiger partial charge < -0.3 is 5.11 Å². The summed E-state index contributed by atoms with van der Waals surface area (Å²) in [4.78, 5) is 12.7. The van der Waals surface area contributed by atoms with Gasteiger partial charge in [-0.15, -0.1) is 0 Å². The molecule has 0 aromatic heterocycles. The van der Waals surface area contributed by atoms with E-state index in [0.717, 1.165) is 33.4 Å². The van der Waals surface area contributed by atoms with E-state index in [9.17, 15) is 9.90 Å². The Morgan fingerprint density at radius 1 is 1.00 bits per heavy atom. The highest BCUT2D eigenvalue weighted by atomic mass is 16.3. The molecule has 0 saturated heterocycles. The highest BCUT2D eigenvalue weighted by molar-refractivity contribution is 6.30. The maximum absolute atomic E-state index is 12.7. The highest BCUT2D eigenvalue weighted by Gasteiger charge is 2.26. The molecule has 2 heteroatoms. The summed E-state index contributed by atoms with van der Waals surface area (Å²) in [5.74, 6) is 0.145. The summed E-state index contributed by atoms with van der Waals surface area (Å²) in [6.07, 6.45) is 0.946. The number of aliphatic hydroxyl groups excluding tert-OH is 1. The molecule has 0 spiro atoms. The summed E-state index contributed by atoms with van der Waals surface area (Å²) in [5, 5.41) is 9.42. The van der Waals surface area contributed by atoms with Crippen molar-refractivity contribution in [3.05, 3.63) is 70.8 Å². The van der Waals surface area contributed by atoms with Gasteiger partial charge in [-0.25, -0.2) is 0 Å². The summed E-state index contributed by atoms with van der Waals surface area (Å²) in [6.45, 7) is 2.07. The molecule has 0 amide bonds. The van der Waals surface area contributed by atoms with E-state index in [-0.39, 0.29) is 12.4 Å². The minimum Gasteiger partial charge on any atom is -0.396 e. The Morgan fingerprint density at radius 2 is 1.67 bits per heavy atom. The lowest BCUT2D eigenvalue weighted by atomic mass is 9.80. The topological polar surface area (TPSA) is 37.3 Å². The molecule has 0 atom stereocenters. The maximum atomic E-state index is 12.7. The number of carbonyl (C=O) groups excluding carboxylic acids is 1. The van der Waals surface area contributed by atoms with Gasteiger partial charge in [0.05, 0.1) is 0 Å². The first-order valence-corrected chi connectivity index (χ1v) is 7.24. The van der Waals surface area contributed by atoms with Crippen LogP contribution in [0.15, 0.2) is 48.5 Å². The maximum Gasteiger partial charge on any atom is 0.168 e. The summed E-state index contributed by atoms with van der Waals surface area (Å²) >= 11 is 0. The van der Waals surface area contributed by atoms with E-state index in [0.29, 0.717) is 12.8 Å². The zero-order chi connectivity index (χ0) is 14.8. The molecule has 2 nitrogen and oxygen atoms in total. The molecule has 0 fully saturated rings. The average Bonchev–Trinajstić information content (AvgIpc) is 2.49. The van der Waals surface area contributed by atoms with Crippen LogP contribution in [-0.2, 0) is 11.2 Å². The molecule has 0 bridgehead atoms. The normalized spacial score (nSPS) is 14.3. The van der Waals surface area contributed by atoms with Crippen molar-refractivity contribution in [3.8, 4) is 0 Å². The molecule has 2 aromatic rings. The van der Waals surface area contributed by atoms with E-state index in [2.05, 4.69) is 0 Å². The van der Waals surface area contributed by atoms with Gasteiger partial charge in [-0.3, -0.25) is 4.79 Å². The predicted molar refractivity (Wildman–Crippen MR) is 84.8 cm³/mol. The fraction of sp³-hybridized carbons (Fsp3) is 0.211. The Kier molecular flexibility index (Phi) is 3.72. The van der Waals surface area contributed by atoms with Crippen molar-refractivity contribution < 1.29 is 9.90 Å². The lowest BCUT2D eigenvalue weighted by molar-refractivity contribution is -0.113. The van der Waals surface area contributed by atoms with Crippen molar-refractivity contribution in [2.45, 2.75) is 19.8 Å². The zero-order valence-corrected chi connectivity index (χ0v) is 12.1. The van der Waals surface area contributed by atoms with Crippen LogP contribution in [0.3, 0.4) is 0 Å². The molecule has 0 heterocycles. The minimum absolute atomic E-state index is 0.0479. The van der Waals surface area contributed by atoms with Gasteiger partial charge in [-0.1, -0.05) is 48.5 Å². The van der Waals surface area contributed by atoms with Crippen LogP contribution in [0.1, 0.15) is 28.7 Å². The monoisotopic (exact) mass is 278 g/mol. The number of Topliss-reactive ketones (excluding diaryl/α,β-unsaturated/α-hetero) is 1. The Hall–Kier alpha value is -2.19. The quantitative estimate of drug-likeness (QED) is 0.934. The molecule has 0 saturated carbocycles. The van der Waals surface area contributed by atoms with Crippen molar-refractivity contribution in [1.82, 2.24) is 0 Å². The smallest absolute Gasteiger partial charge is 0.168 e. The largest absolute Gasteiger partial charge is 0.396 e. The molecule has 1 N–H and O–H groups in total. The molecule has 106 valence electrons. The van der Waals surface area contributed by atoms with Crippen molar-refractivity contribution in [2.24, 2.45) is 0 Å². The van der Waals surface area contributed by atoms with Gasteiger partial charge in [0.25, 0.3) is 0 Å². The molecule has 0 aliphatic heterocycles. The van der Waals surface area contributed by atoms with Gasteiger partial charge in [0, 0.05) is 18.6 Å². The van der Waals surface area contributed by atoms with Gasteiger partial charge in [0.2, 0.25) is 0 Å². The highest BCUT2D eigenvalue weighted by Crippen LogP contribution is 2.37. The standard InChI is InChI=1S/C19H18O2/c1-13-6-2-4-8-15(13)19-17(10-11-20)16-9-5-3-7-14(16)12-18(19)21/h2-9,20H,10-12H2,1H3. The first kappa shape index (κ1) is 13.8. The summed E-state index contributed by atoms with van der Waals surface area (Å²) in [7, 11) is 0. The van der Waals surface area contributed by atoms with E-state index >= 15 is 0 Å². The number of hydrogen-bond donors (Lipinski definition) is 1. The second kappa shape index (κ2) is 5.66. The van der Waals surface area contributed by atoms with E-state index in [1.807, 2.05) is 55.5 Å². The van der Waals surface area contributed by atoms with Crippen LogP contribution in [0.2, 0.25) is 0 Å². The second-order valence-corrected chi connectivity index (χ2v) is 5.40. The third-order valence-corrected chi connectivity index (χ3v) is 4.05. The fourth-order valence-electron chi connectivity index (χ4n) is 3.07. The number of fused-ring (bicyclic) bond motifs is 1. The van der Waals surface area contributed by atoms with Crippen LogP contribution in [0.5, 0.6) is 0 Å². The van der Waals surface area contributed by atoms with Crippen LogP contribution in [-0.4, -0.2) is 17.5 Å². The first-order chi connectivity index (χ1) is 10.2. The number of ketones is 1. The van der Waals surface area contributed by atoms with E-state index in [1.54, 1.807) is 0 Å². The number of aryl methyl sites for hydroxylation is 1. The number of carbonyl (C=O) groups is 1. The van der Waals surface area contributed by atoms with Gasteiger partial charge in [-0.05, 0) is 41.2 Å². The molecule has 2 aromatic carbocycles. The first-order valence-electron chi connectivity index (χ1n) is 7.24. The Bertz CT molecular complexity index is 726. The molecule has 0 unspecified atom stereocenters. The van der Waals surface area contributed by atoms with Crippen LogP contribution < -0.4 is 0 Å². The molecule has 1 aliphatic rings. The van der Waals surface area contributed by atoms with Crippen LogP contribution in [0.25, 0.3) is 11.1 Å². The van der Waals surface area contributed by atoms with Crippen molar-refractivity contribution in [1.29, 1.82) is 0 Å². The molecule has 3 rings (SSSR count). The van der Waals surface area contributed by atoms with Crippen LogP contribution in [0.4, 0.5) is 0 Å². The average molecular weight is 278 g/mol. The number of aliphatic hydroxyl groups is 1. The van der Waals surface area contributed by atoms with Crippen LogP contribution in [0, 0.1) is 6.92 Å². The van der Waals surface area contributed by atoms with E-state index < -0.39 is 0 Å². The number of benzene rings is 2. The second-order valence-electron chi connectivity index (χ2n) is 5.40. The Morgan fingerprint density at radius 3 is 2.38 bits per heavy atom. The molecule has 1 aliphatic carbocycles. The van der Waals surface area contributed by atoms with Gasteiger partial charge in [-0.2, -0.15) is 0 Å². The lowest BCUT2D eigenvalue weighted by Crippen LogP contribution is -2.16. The molecule has 0 radical (unpaired) electrons. The molecular formula is C19H18O2. The van der Waals surface area contributed by atoms with Crippen molar-refractivity contribution in [3.63, 3.8) is 0 Å². The van der Waals surface area contributed by atoms with Gasteiger partial charge >= 0.3 is 0 Å². The van der Waals surface area contributed by atoms with E-state index in [4.69, 9.17) is 0 Å². The number of rotatable bonds is 3. The van der Waals surface area contributed by atoms with E-state index in [1.165, 1.54) is 0 Å². The molecular weight excluding hydrogens is 260 g/mol. The van der Waals surface area contributed by atoms with Crippen LogP contribution >= 0.6 is 0 Å². The number of hydrogen-bond acceptors (Lipinski definition) is 2. The summed E-state index contributed by atoms with van der Waals surface area (Å²) < 4.78 is 0. The lowest BCUT2D eigenvalue weighted by Gasteiger charge is -2.23. The Labute approximate surface area is 124 Å². The fourth-order valence-corrected chi connectivity index (χ4v) is 3.07. The SMILES string of the molecule is Cc1ccccc1C1=C(CCO)c2ccccc2CC1=O. The molecule has 21 heavy (non-hydrogen) atoms. The third kappa shape index (κ3) is 2.43. The third-order valence-electron chi connectivity index (χ3n) is 4.05. The number of allylic oxidation sites excluding steroid dienone is 1. The Balaban J connectivity index is 2.27. The van der Waals surface area contributed by atoms with Gasteiger partial charge in [0.1, 0.15) is 0 Å².